The first-order chi connectivity index (χ1) is 31.1. The topological polar surface area (TPSA) is 179 Å². The van der Waals surface area contributed by atoms with Gasteiger partial charge in [-0.05, 0) is 132 Å². The van der Waals surface area contributed by atoms with Crippen LogP contribution in [0.5, 0.6) is 23.0 Å². The van der Waals surface area contributed by atoms with Crippen molar-refractivity contribution in [2.45, 2.75) is 101 Å². The predicted octanol–water partition coefficient (Wildman–Crippen LogP) is 7.44. The second-order valence-electron chi connectivity index (χ2n) is 19.1. The van der Waals surface area contributed by atoms with Gasteiger partial charge in [-0.1, -0.05) is 61.1 Å². The molecule has 3 fully saturated rings. The van der Waals surface area contributed by atoms with Gasteiger partial charge in [-0.15, -0.1) is 0 Å². The monoisotopic (exact) mass is 867 g/mol. The minimum absolute atomic E-state index is 0.00471. The zero-order valence-corrected chi connectivity index (χ0v) is 36.2. The van der Waals surface area contributed by atoms with Crippen molar-refractivity contribution < 1.29 is 49.3 Å². The summed E-state index contributed by atoms with van der Waals surface area (Å²) in [5.74, 6) is 6.89. The lowest BCUT2D eigenvalue weighted by molar-refractivity contribution is -0.165. The first kappa shape index (κ1) is 42.4. The van der Waals surface area contributed by atoms with E-state index in [1.165, 1.54) is 13.2 Å². The Bertz CT molecular complexity index is 2610. The van der Waals surface area contributed by atoms with Gasteiger partial charge >= 0.3 is 5.97 Å². The van der Waals surface area contributed by atoms with Crippen LogP contribution in [-0.2, 0) is 27.2 Å². The van der Waals surface area contributed by atoms with Crippen molar-refractivity contribution in [2.24, 2.45) is 35.0 Å². The van der Waals surface area contributed by atoms with E-state index in [1.54, 1.807) is 18.2 Å². The van der Waals surface area contributed by atoms with Crippen LogP contribution in [0.2, 0.25) is 0 Å². The van der Waals surface area contributed by atoms with Gasteiger partial charge in [0, 0.05) is 42.2 Å². The molecule has 0 amide bonds. The van der Waals surface area contributed by atoms with Crippen molar-refractivity contribution in [3.05, 3.63) is 100 Å². The number of hydrogen-bond acceptors (Lipinski definition) is 10. The maximum Gasteiger partial charge on any atom is 0.324 e. The molecule has 6 N–H and O–H groups in total. The molecule has 0 radical (unpaired) electrons. The number of benzene rings is 3. The van der Waals surface area contributed by atoms with Gasteiger partial charge in [0.25, 0.3) is 0 Å². The fourth-order valence-corrected chi connectivity index (χ4v) is 12.7. The summed E-state index contributed by atoms with van der Waals surface area (Å²) in [5, 5.41) is 55.6. The number of para-hydroxylation sites is 1. The third-order valence-corrected chi connectivity index (χ3v) is 15.5. The molecule has 1 spiro atoms. The zero-order valence-electron chi connectivity index (χ0n) is 36.2. The van der Waals surface area contributed by atoms with E-state index in [1.807, 2.05) is 18.2 Å². The van der Waals surface area contributed by atoms with Crippen LogP contribution >= 0.6 is 0 Å². The molecular weight excluding hydrogens is 811 g/mol. The average Bonchev–Trinajstić information content (AvgIpc) is 3.90. The van der Waals surface area contributed by atoms with Gasteiger partial charge in [0.2, 0.25) is 0 Å². The second-order valence-corrected chi connectivity index (χ2v) is 19.1. The molecule has 0 saturated heterocycles. The summed E-state index contributed by atoms with van der Waals surface area (Å²) in [6, 6.07) is 16.6. The van der Waals surface area contributed by atoms with Crippen LogP contribution in [0.4, 0.5) is 0 Å². The van der Waals surface area contributed by atoms with Crippen LogP contribution in [0.15, 0.2) is 72.3 Å². The first-order valence-corrected chi connectivity index (χ1v) is 23.1. The summed E-state index contributed by atoms with van der Waals surface area (Å²) in [5.41, 5.74) is 6.16. The van der Waals surface area contributed by atoms with Crippen LogP contribution in [0.1, 0.15) is 98.1 Å². The highest BCUT2D eigenvalue weighted by Crippen LogP contribution is 2.62. The highest BCUT2D eigenvalue weighted by atomic mass is 16.6. The third-order valence-electron chi connectivity index (χ3n) is 15.5. The van der Waals surface area contributed by atoms with Crippen LogP contribution in [0.3, 0.4) is 0 Å². The molecule has 6 aliphatic rings. The number of methoxy groups -OCH3 is 1. The fraction of sp³-hybridized carbons (Fsp3) is 0.472. The normalized spacial score (nSPS) is 28.7. The number of aromatic nitrogens is 1. The Hall–Kier alpha value is -5.54. The molecule has 0 unspecified atom stereocenters. The number of rotatable bonds is 7. The zero-order chi connectivity index (χ0) is 44.3. The number of cyclic esters (lactones) is 1. The number of carbonyl (C=O) groups excluding carboxylic acids is 2. The molecule has 2 heterocycles. The van der Waals surface area contributed by atoms with Crippen molar-refractivity contribution >= 4 is 28.2 Å². The Morgan fingerprint density at radius 3 is 2.59 bits per heavy atom. The minimum Gasteiger partial charge on any atom is -0.504 e. The molecule has 4 aromatic rings. The standard InChI is InChI=1S/C53H57NO10/c1-62-46-28-38-40-25-32(57)26-48(44(59)21-29-10-15-43(58)47(22-29)63-20-19-55)64-52(61)53(16-4-5-17-53)18-6-8-36-33-7-2-3-9-42(33)54-51(36)50(41(38)27-45(46)60)35-13-11-30-23-39(35)49(40)34-14-12-31(56)24-37(30)34/h2-3,7,9-11,13,15,22,27-28,30-31,34,37,39-40,44,48-49,54-56,58-60H,4-5,8,12,14,16-17,19-21,23-26H2,1H3/t30-,31+,34+,37+,39-,40+,44-,48+,49-/m1/s1. The molecule has 3 saturated carbocycles. The molecule has 64 heavy (non-hydrogen) atoms. The van der Waals surface area contributed by atoms with Gasteiger partial charge in [0.05, 0.1) is 31.6 Å². The molecule has 334 valence electrons. The van der Waals surface area contributed by atoms with Gasteiger partial charge in [0.15, 0.2) is 23.0 Å². The number of allylic oxidation sites excluding steroid dienone is 3. The summed E-state index contributed by atoms with van der Waals surface area (Å²) in [6.07, 6.45) is 7.53. The Labute approximate surface area is 373 Å². The number of aromatic amines is 1. The first-order valence-electron chi connectivity index (χ1n) is 23.1. The Morgan fingerprint density at radius 1 is 0.953 bits per heavy atom. The summed E-state index contributed by atoms with van der Waals surface area (Å²) in [4.78, 5) is 33.6. The van der Waals surface area contributed by atoms with Gasteiger partial charge in [-0.2, -0.15) is 0 Å². The number of Topliss-reactive ketones (excluding diaryl/α,β-unsaturated/α-hetero) is 1. The molecule has 10 rings (SSSR count). The number of phenolic OH excluding ortho intramolecular Hbond substituents is 2. The number of carbonyl (C=O) groups is 2. The van der Waals surface area contributed by atoms with E-state index < -0.39 is 23.6 Å². The van der Waals surface area contributed by atoms with Crippen LogP contribution in [-0.4, -0.2) is 80.9 Å². The van der Waals surface area contributed by atoms with E-state index in [4.69, 9.17) is 14.2 Å². The molecule has 3 aromatic carbocycles. The van der Waals surface area contributed by atoms with Gasteiger partial charge in [-0.25, -0.2) is 0 Å². The van der Waals surface area contributed by atoms with E-state index in [0.29, 0.717) is 43.4 Å². The maximum absolute atomic E-state index is 15.1. The van der Waals surface area contributed by atoms with Gasteiger partial charge in [-0.3, -0.25) is 9.59 Å². The predicted molar refractivity (Wildman–Crippen MR) is 240 cm³/mol. The number of nitrogens with one attached hydrogen (secondary N) is 1. The van der Waals surface area contributed by atoms with Crippen LogP contribution < -0.4 is 9.47 Å². The number of esters is 1. The van der Waals surface area contributed by atoms with Gasteiger partial charge < -0.3 is 44.7 Å². The van der Waals surface area contributed by atoms with Crippen molar-refractivity contribution in [3.8, 4) is 34.8 Å². The van der Waals surface area contributed by atoms with Crippen molar-refractivity contribution in [2.75, 3.05) is 20.3 Å². The Kier molecular flexibility index (Phi) is 11.3. The summed E-state index contributed by atoms with van der Waals surface area (Å²) in [6.45, 7) is -0.283. The summed E-state index contributed by atoms with van der Waals surface area (Å²) >= 11 is 0. The van der Waals surface area contributed by atoms with E-state index >= 15 is 4.79 Å². The van der Waals surface area contributed by atoms with E-state index in [9.17, 15) is 30.3 Å². The van der Waals surface area contributed by atoms with Crippen molar-refractivity contribution in [1.29, 1.82) is 0 Å². The lowest BCUT2D eigenvalue weighted by Crippen LogP contribution is -2.47. The number of ether oxygens (including phenoxy) is 3. The summed E-state index contributed by atoms with van der Waals surface area (Å²) in [7, 11) is 1.53. The molecule has 9 atom stereocenters. The number of aliphatic hydroxyl groups is 3. The lowest BCUT2D eigenvalue weighted by Gasteiger charge is -2.54. The largest absolute Gasteiger partial charge is 0.504 e. The molecular formula is C53H57NO10. The number of fused-ring (bicyclic) bond motifs is 9. The number of aliphatic hydroxyl groups excluding tert-OH is 3. The average molecular weight is 868 g/mol. The van der Waals surface area contributed by atoms with E-state index in [2.05, 4.69) is 41.1 Å². The number of H-pyrrole nitrogens is 1. The molecule has 11 heteroatoms. The second kappa shape index (κ2) is 17.1. The molecule has 1 aliphatic heterocycles. The van der Waals surface area contributed by atoms with Crippen LogP contribution in [0.25, 0.3) is 16.5 Å². The quantitative estimate of drug-likeness (QED) is 0.0808. The lowest BCUT2D eigenvalue weighted by atomic mass is 9.51. The molecule has 11 nitrogen and oxygen atoms in total. The smallest absolute Gasteiger partial charge is 0.324 e. The van der Waals surface area contributed by atoms with E-state index in [-0.39, 0.29) is 97.1 Å². The van der Waals surface area contributed by atoms with Crippen molar-refractivity contribution in [1.82, 2.24) is 4.98 Å². The molecule has 4 bridgehead atoms. The third kappa shape index (κ3) is 7.47. The fourth-order valence-electron chi connectivity index (χ4n) is 12.7. The number of hydrogen-bond donors (Lipinski definition) is 6. The van der Waals surface area contributed by atoms with E-state index in [0.717, 1.165) is 70.1 Å². The summed E-state index contributed by atoms with van der Waals surface area (Å²) < 4.78 is 17.7. The molecule has 1 aromatic heterocycles. The molecule has 5 aliphatic carbocycles. The van der Waals surface area contributed by atoms with Crippen LogP contribution in [0, 0.1) is 46.8 Å². The number of phenols is 2. The number of ketones is 1. The van der Waals surface area contributed by atoms with Gasteiger partial charge in [0.1, 0.15) is 23.9 Å². The highest BCUT2D eigenvalue weighted by Gasteiger charge is 2.54. The highest BCUT2D eigenvalue weighted by molar-refractivity contribution is 5.96. The SMILES string of the molecule is COc1cc2c(cc1O)C1=C3C=C[C@@H]4C[C@H]3[C@@H]([C@H]3CC[C@H](O)C[C@H]34)[C@H]2CC(=O)C[C@@H]([C@H](O)Cc2ccc(O)c(OCCO)c2)OC(=O)C2(C#CCc3c1[nH]c1ccccc31)CCCC2. The minimum atomic E-state index is -1.30. The van der Waals surface area contributed by atoms with Crippen molar-refractivity contribution in [3.63, 3.8) is 0 Å². The Balaban J connectivity index is 1.16. The Morgan fingerprint density at radius 2 is 1.78 bits per heavy atom. The number of aromatic hydroxyl groups is 2. The maximum atomic E-state index is 15.1.